The van der Waals surface area contributed by atoms with Crippen molar-refractivity contribution in [1.82, 2.24) is 68.7 Å². The van der Waals surface area contributed by atoms with Crippen molar-refractivity contribution in [3.8, 4) is 0 Å². The van der Waals surface area contributed by atoms with E-state index < -0.39 is 231 Å². The monoisotopic (exact) mass is 1350 g/mol. The Hall–Kier alpha value is -9.12. The lowest BCUT2D eigenvalue weighted by Gasteiger charge is -2.27. The second-order valence-electron chi connectivity index (χ2n) is 20.9. The summed E-state index contributed by atoms with van der Waals surface area (Å²) in [5.41, 5.74) is 21.5. The van der Waals surface area contributed by atoms with E-state index in [0.717, 1.165) is 6.92 Å². The fraction of sp³-hybridized carbons (Fsp3) is 0.647. The number of carboxylic acids is 3. The second-order valence-corrected chi connectivity index (χ2v) is 22.2. The van der Waals surface area contributed by atoms with Gasteiger partial charge in [0, 0.05) is 25.3 Å². The molecule has 0 spiro atoms. The molecule has 24 N–H and O–H groups in total. The highest BCUT2D eigenvalue weighted by molar-refractivity contribution is 7.98. The maximum Gasteiger partial charge on any atom is 0.326 e. The molecule has 1 heterocycles. The molecule has 10 atom stereocenters. The Balaban J connectivity index is 2.92. The summed E-state index contributed by atoms with van der Waals surface area (Å²) in [5, 5.41) is 64.9. The lowest BCUT2D eigenvalue weighted by Crippen LogP contribution is -2.59. The molecule has 92 heavy (non-hydrogen) atoms. The molecule has 0 aromatic heterocycles. The van der Waals surface area contributed by atoms with Crippen LogP contribution in [0.1, 0.15) is 78.6 Å². The zero-order valence-electron chi connectivity index (χ0n) is 50.9. The van der Waals surface area contributed by atoms with Crippen molar-refractivity contribution in [2.45, 2.75) is 139 Å². The molecule has 1 saturated heterocycles. The number of carbonyl (C=O) groups excluding carboxylic acids is 14. The van der Waals surface area contributed by atoms with Crippen LogP contribution in [0.15, 0.2) is 4.99 Å². The van der Waals surface area contributed by atoms with Gasteiger partial charge in [-0.2, -0.15) is 24.4 Å². The first-order chi connectivity index (χ1) is 43.1. The number of likely N-dealkylation sites (tertiary alicyclic amines) is 1. The van der Waals surface area contributed by atoms with Gasteiger partial charge >= 0.3 is 17.9 Å². The smallest absolute Gasteiger partial charge is 0.326 e. The number of carboxylic acid groups (broad SMARTS) is 3. The number of hydrogen-bond acceptors (Lipinski definition) is 22. The van der Waals surface area contributed by atoms with Crippen LogP contribution in [0.4, 0.5) is 0 Å². The maximum absolute atomic E-state index is 13.4. The van der Waals surface area contributed by atoms with Gasteiger partial charge in [0.2, 0.25) is 82.7 Å². The standard InChI is InChI=1S/C51H84N18O21S2/c1-23(2)40(50(89)90)68-45(84)27(11-14-92-4)65-49(88)32-8-6-13-69(32)37(75)20-57-34(72)17-59-44(83)30(21-70)66-47(86)29(16-39(78)79)63-36(74)19-60-43(82)26(9-10-33(53)71)64-48(87)31(22-91)67-41(80)24(3)61-46(85)28(15-38(76)77)62-35(73)18-58-42(81)25(52)7-5-12-56-51(54)55/h23-32,40,70,91H,5-22,52H2,1-4H3,(H2,53,71)(H,57,72)(H,58,81)(H,59,83)(H,60,82)(H,61,85)(H,62,73)(H,63,74)(H,64,87)(H,65,88)(H,66,86)(H,67,80)(H,68,84)(H,76,77)(H,78,79)(H,89,90)(H4,54,55,56)/t24-,25-,26-,27-,28-,29-,30-,31-,32-,40-/m0/s1. The number of thiol groups is 1. The molecule has 1 fully saturated rings. The van der Waals surface area contributed by atoms with E-state index in [9.17, 15) is 102 Å². The summed E-state index contributed by atoms with van der Waals surface area (Å²) >= 11 is 5.42. The van der Waals surface area contributed by atoms with Crippen molar-refractivity contribution in [3.05, 3.63) is 0 Å². The van der Waals surface area contributed by atoms with E-state index in [4.69, 9.17) is 22.9 Å². The lowest BCUT2D eigenvalue weighted by atomic mass is 10.0. The topological polar surface area (TPSA) is 635 Å². The number of nitrogens with one attached hydrogen (secondary N) is 12. The number of aliphatic hydroxyl groups is 1. The zero-order valence-corrected chi connectivity index (χ0v) is 52.6. The van der Waals surface area contributed by atoms with Crippen LogP contribution in [0, 0.1) is 5.92 Å². The molecule has 1 aliphatic heterocycles. The third-order valence-corrected chi connectivity index (χ3v) is 14.1. The largest absolute Gasteiger partial charge is 0.481 e. The SMILES string of the molecule is CSCC[C@H](NC(=O)[C@@H]1CCCN1C(=O)CNC(=O)CNC(=O)[C@H](CO)NC(=O)[C@H](CC(=O)O)NC(=O)CNC(=O)[C@H](CCC(N)=O)NC(=O)[C@H](CS)NC(=O)[C@H](C)NC(=O)[C@H](CC(=O)O)NC(=O)CNC(=O)[C@@H](N)CCCN=C(N)N)C(=O)N[C@H](C(=O)O)C(C)C. The number of thioether (sulfide) groups is 1. The van der Waals surface area contributed by atoms with Gasteiger partial charge in [-0.15, -0.1) is 0 Å². The van der Waals surface area contributed by atoms with E-state index in [-0.39, 0.29) is 38.3 Å². The Labute approximate surface area is 536 Å². The van der Waals surface area contributed by atoms with E-state index in [2.05, 4.69) is 70.8 Å². The zero-order chi connectivity index (χ0) is 69.9. The quantitative estimate of drug-likeness (QED) is 0.0117. The number of aliphatic imine (C=N–C) groups is 1. The summed E-state index contributed by atoms with van der Waals surface area (Å²) in [6.07, 6.45) is -0.285. The predicted molar refractivity (Wildman–Crippen MR) is 325 cm³/mol. The molecule has 0 aromatic rings. The molecule has 0 radical (unpaired) electrons. The minimum atomic E-state index is -2.00. The summed E-state index contributed by atoms with van der Waals surface area (Å²) in [4.78, 5) is 221. The predicted octanol–water partition coefficient (Wildman–Crippen LogP) is -10.6. The van der Waals surface area contributed by atoms with Gasteiger partial charge in [-0.05, 0) is 63.4 Å². The average molecular weight is 1350 g/mol. The minimum Gasteiger partial charge on any atom is -0.481 e. The van der Waals surface area contributed by atoms with Crippen LogP contribution in [-0.4, -0.2) is 256 Å². The molecular formula is C51H84N18O21S2. The van der Waals surface area contributed by atoms with Gasteiger partial charge in [0.15, 0.2) is 5.96 Å². The van der Waals surface area contributed by atoms with Gasteiger partial charge in [0.25, 0.3) is 0 Å². The maximum atomic E-state index is 13.4. The summed E-state index contributed by atoms with van der Waals surface area (Å²) in [5.74, 6) is -19.4. The van der Waals surface area contributed by atoms with E-state index in [1.165, 1.54) is 16.7 Å². The molecule has 0 saturated carbocycles. The van der Waals surface area contributed by atoms with E-state index >= 15 is 0 Å². The number of primary amides is 1. The van der Waals surface area contributed by atoms with Crippen molar-refractivity contribution in [2.75, 3.05) is 63.6 Å². The van der Waals surface area contributed by atoms with Gasteiger partial charge in [-0.25, -0.2) is 4.79 Å². The van der Waals surface area contributed by atoms with E-state index in [1.807, 2.05) is 10.6 Å². The highest BCUT2D eigenvalue weighted by Crippen LogP contribution is 2.18. The third kappa shape index (κ3) is 31.1. The van der Waals surface area contributed by atoms with Crippen LogP contribution >= 0.6 is 24.4 Å². The molecule has 516 valence electrons. The normalized spacial score (nSPS) is 15.4. The van der Waals surface area contributed by atoms with Crippen LogP contribution < -0.4 is 86.7 Å². The Morgan fingerprint density at radius 1 is 0.576 bits per heavy atom. The molecule has 41 heteroatoms. The fourth-order valence-electron chi connectivity index (χ4n) is 8.17. The average Bonchev–Trinajstić information content (AvgIpc) is 1.68. The Morgan fingerprint density at radius 3 is 1.59 bits per heavy atom. The van der Waals surface area contributed by atoms with Crippen LogP contribution in [0.25, 0.3) is 0 Å². The van der Waals surface area contributed by atoms with Crippen LogP contribution in [0.2, 0.25) is 0 Å². The summed E-state index contributed by atoms with van der Waals surface area (Å²) in [6.45, 7) is 0.123. The van der Waals surface area contributed by atoms with Gasteiger partial charge < -0.3 is 112 Å². The van der Waals surface area contributed by atoms with Crippen LogP contribution in [0.5, 0.6) is 0 Å². The molecule has 1 rings (SSSR count). The number of aliphatic hydroxyl groups excluding tert-OH is 1. The Kier molecular flexibility index (Phi) is 37.0. The summed E-state index contributed by atoms with van der Waals surface area (Å²) in [6, 6.07) is -15.0. The van der Waals surface area contributed by atoms with Gasteiger partial charge in [-0.1, -0.05) is 13.8 Å². The number of rotatable bonds is 43. The molecule has 0 unspecified atom stereocenters. The second kappa shape index (κ2) is 42.0. The fourth-order valence-corrected chi connectivity index (χ4v) is 8.90. The van der Waals surface area contributed by atoms with Crippen LogP contribution in [-0.2, 0) is 81.5 Å². The van der Waals surface area contributed by atoms with Crippen LogP contribution in [0.3, 0.4) is 0 Å². The Morgan fingerprint density at radius 2 is 1.08 bits per heavy atom. The van der Waals surface area contributed by atoms with Crippen molar-refractivity contribution >= 4 is 131 Å². The number of nitrogens with two attached hydrogens (primary N) is 4. The van der Waals surface area contributed by atoms with Gasteiger partial charge in [-0.3, -0.25) is 81.7 Å². The number of hydrogen-bond donors (Lipinski definition) is 21. The third-order valence-electron chi connectivity index (χ3n) is 13.1. The van der Waals surface area contributed by atoms with Crippen molar-refractivity contribution in [1.29, 1.82) is 0 Å². The van der Waals surface area contributed by atoms with Gasteiger partial charge in [0.05, 0.1) is 51.7 Å². The van der Waals surface area contributed by atoms with Crippen molar-refractivity contribution in [3.63, 3.8) is 0 Å². The van der Waals surface area contributed by atoms with E-state index in [0.29, 0.717) is 18.6 Å². The lowest BCUT2D eigenvalue weighted by molar-refractivity contribution is -0.144. The summed E-state index contributed by atoms with van der Waals surface area (Å²) < 4.78 is 0. The summed E-state index contributed by atoms with van der Waals surface area (Å²) in [7, 11) is 0. The van der Waals surface area contributed by atoms with Gasteiger partial charge in [0.1, 0.15) is 54.4 Å². The number of amides is 14. The molecule has 0 bridgehead atoms. The number of guanidine groups is 1. The molecule has 14 amide bonds. The van der Waals surface area contributed by atoms with Crippen molar-refractivity contribution < 1.29 is 102 Å². The van der Waals surface area contributed by atoms with Crippen molar-refractivity contribution in [2.24, 2.45) is 33.8 Å². The Bertz CT molecular complexity index is 2710. The minimum absolute atomic E-state index is 0.0945. The highest BCUT2D eigenvalue weighted by Gasteiger charge is 2.38. The molecule has 1 aliphatic rings. The van der Waals surface area contributed by atoms with E-state index in [1.54, 1.807) is 20.1 Å². The highest BCUT2D eigenvalue weighted by atomic mass is 32.2. The first-order valence-corrected chi connectivity index (χ1v) is 30.5. The molecule has 0 aliphatic carbocycles. The number of carbonyl (C=O) groups is 17. The number of aliphatic carboxylic acids is 3. The molecule has 0 aromatic carbocycles. The molecular weight excluding hydrogens is 1260 g/mol. The first kappa shape index (κ1) is 80.9. The number of nitrogens with zero attached hydrogens (tertiary/aromatic N) is 2. The molecule has 39 nitrogen and oxygen atoms in total. The first-order valence-electron chi connectivity index (χ1n) is 28.4.